The van der Waals surface area contributed by atoms with E-state index in [2.05, 4.69) is 63.3 Å². The first-order valence-electron chi connectivity index (χ1n) is 8.58. The summed E-state index contributed by atoms with van der Waals surface area (Å²) in [5, 5.41) is 12.0. The maximum atomic E-state index is 12.6. The highest BCUT2D eigenvalue weighted by atomic mass is 79.9. The van der Waals surface area contributed by atoms with E-state index in [1.807, 2.05) is 34.9 Å². The van der Waals surface area contributed by atoms with Gasteiger partial charge < -0.3 is 14.2 Å². The van der Waals surface area contributed by atoms with Crippen molar-refractivity contribution < 1.29 is 13.6 Å². The molecule has 3 heterocycles. The highest BCUT2D eigenvalue weighted by Crippen LogP contribution is 2.34. The molecule has 0 atom stereocenters. The zero-order valence-electron chi connectivity index (χ0n) is 15.1. The van der Waals surface area contributed by atoms with Crippen molar-refractivity contribution in [2.75, 3.05) is 11.1 Å². The van der Waals surface area contributed by atoms with Gasteiger partial charge in [-0.1, -0.05) is 27.7 Å². The Balaban J connectivity index is 1.51. The lowest BCUT2D eigenvalue weighted by Crippen LogP contribution is -2.15. The Kier molecular flexibility index (Phi) is 6.81. The van der Waals surface area contributed by atoms with Crippen LogP contribution in [0.1, 0.15) is 5.76 Å². The first-order valence-corrected chi connectivity index (χ1v) is 11.9. The number of carbonyl (C=O) groups excluding carboxylic acids is 1. The third-order valence-corrected chi connectivity index (χ3v) is 6.63. The lowest BCUT2D eigenvalue weighted by Gasteiger charge is -2.11. The van der Waals surface area contributed by atoms with Crippen molar-refractivity contribution in [3.8, 4) is 11.6 Å². The third kappa shape index (κ3) is 4.90. The number of hydrogen-bond donors (Lipinski definition) is 1. The van der Waals surface area contributed by atoms with Crippen LogP contribution in [0.3, 0.4) is 0 Å². The molecule has 0 saturated heterocycles. The summed E-state index contributed by atoms with van der Waals surface area (Å²) in [5.74, 6) is 1.89. The molecule has 0 aliphatic heterocycles. The van der Waals surface area contributed by atoms with Gasteiger partial charge in [0.1, 0.15) is 5.76 Å². The van der Waals surface area contributed by atoms with Crippen LogP contribution in [0.4, 0.5) is 5.69 Å². The van der Waals surface area contributed by atoms with Crippen molar-refractivity contribution in [2.45, 2.75) is 11.7 Å². The molecule has 4 rings (SSSR count). The summed E-state index contributed by atoms with van der Waals surface area (Å²) in [6.45, 7) is 0.420. The van der Waals surface area contributed by atoms with E-state index in [-0.39, 0.29) is 11.7 Å². The number of carbonyl (C=O) groups is 1. The fourth-order valence-electron chi connectivity index (χ4n) is 2.65. The average Bonchev–Trinajstić information content (AvgIpc) is 3.45. The quantitative estimate of drug-likeness (QED) is 0.249. The van der Waals surface area contributed by atoms with E-state index in [1.54, 1.807) is 18.6 Å². The second-order valence-electron chi connectivity index (χ2n) is 6.03. The number of anilines is 1. The van der Waals surface area contributed by atoms with E-state index >= 15 is 0 Å². The van der Waals surface area contributed by atoms with Gasteiger partial charge in [0.05, 0.1) is 30.5 Å². The molecule has 0 bridgehead atoms. The fraction of sp³-hybridized carbons (Fsp3) is 0.105. The molecule has 4 aromatic rings. The van der Waals surface area contributed by atoms with Crippen molar-refractivity contribution in [3.63, 3.8) is 0 Å². The van der Waals surface area contributed by atoms with Gasteiger partial charge in [-0.15, -0.1) is 10.2 Å². The zero-order valence-corrected chi connectivity index (χ0v) is 20.7. The Morgan fingerprint density at radius 2 is 1.80 bits per heavy atom. The standard InChI is InChI=1S/C19H13Br3N4O3S/c20-11-7-13(21)17(14(22)8-11)23-16(27)10-30-19-25-24-18(15-4-2-6-29-15)26(19)9-12-3-1-5-28-12/h1-8H,9-10H2,(H,23,27). The summed E-state index contributed by atoms with van der Waals surface area (Å²) >= 11 is 11.6. The number of aromatic nitrogens is 3. The monoisotopic (exact) mass is 614 g/mol. The van der Waals surface area contributed by atoms with Crippen molar-refractivity contribution in [1.82, 2.24) is 14.8 Å². The molecule has 0 aliphatic carbocycles. The second-order valence-corrected chi connectivity index (χ2v) is 9.60. The van der Waals surface area contributed by atoms with Crippen LogP contribution in [-0.4, -0.2) is 26.4 Å². The fourth-order valence-corrected chi connectivity index (χ4v) is 5.85. The highest BCUT2D eigenvalue weighted by Gasteiger charge is 2.19. The minimum Gasteiger partial charge on any atom is -0.467 e. The van der Waals surface area contributed by atoms with Gasteiger partial charge in [-0.25, -0.2) is 0 Å². The smallest absolute Gasteiger partial charge is 0.234 e. The number of halogens is 3. The molecule has 11 heteroatoms. The van der Waals surface area contributed by atoms with E-state index in [0.29, 0.717) is 29.0 Å². The summed E-state index contributed by atoms with van der Waals surface area (Å²) in [4.78, 5) is 12.6. The van der Waals surface area contributed by atoms with Gasteiger partial charge in [0.2, 0.25) is 11.7 Å². The van der Waals surface area contributed by atoms with Crippen LogP contribution in [0.25, 0.3) is 11.6 Å². The molecular weight excluding hydrogens is 604 g/mol. The minimum atomic E-state index is -0.171. The molecule has 1 aromatic carbocycles. The van der Waals surface area contributed by atoms with Gasteiger partial charge in [0.25, 0.3) is 0 Å². The van der Waals surface area contributed by atoms with Crippen LogP contribution in [0.2, 0.25) is 0 Å². The number of rotatable bonds is 7. The number of thioether (sulfide) groups is 1. The average molecular weight is 617 g/mol. The lowest BCUT2D eigenvalue weighted by molar-refractivity contribution is -0.113. The highest BCUT2D eigenvalue weighted by molar-refractivity contribution is 9.11. The molecule has 0 fully saturated rings. The lowest BCUT2D eigenvalue weighted by atomic mass is 10.3. The van der Waals surface area contributed by atoms with Crippen molar-refractivity contribution in [1.29, 1.82) is 0 Å². The summed E-state index contributed by atoms with van der Waals surface area (Å²) < 4.78 is 15.2. The van der Waals surface area contributed by atoms with Gasteiger partial charge in [-0.05, 0) is 68.3 Å². The van der Waals surface area contributed by atoms with Gasteiger partial charge in [-0.2, -0.15) is 0 Å². The zero-order chi connectivity index (χ0) is 21.1. The van der Waals surface area contributed by atoms with Gasteiger partial charge in [0, 0.05) is 13.4 Å². The van der Waals surface area contributed by atoms with Gasteiger partial charge in [0.15, 0.2) is 10.9 Å². The Hall–Kier alpha value is -1.82. The van der Waals surface area contributed by atoms with Gasteiger partial charge in [-0.3, -0.25) is 9.36 Å². The number of nitrogens with zero attached hydrogens (tertiary/aromatic N) is 3. The number of nitrogens with one attached hydrogen (secondary N) is 1. The van der Waals surface area contributed by atoms with E-state index in [1.165, 1.54) is 11.8 Å². The molecule has 1 N–H and O–H groups in total. The predicted molar refractivity (Wildman–Crippen MR) is 124 cm³/mol. The van der Waals surface area contributed by atoms with Gasteiger partial charge >= 0.3 is 0 Å². The molecule has 0 spiro atoms. The Bertz CT molecular complexity index is 1140. The van der Waals surface area contributed by atoms with Crippen LogP contribution in [0, 0.1) is 0 Å². The van der Waals surface area contributed by atoms with E-state index in [4.69, 9.17) is 8.83 Å². The summed E-state index contributed by atoms with van der Waals surface area (Å²) in [7, 11) is 0. The minimum absolute atomic E-state index is 0.156. The molecule has 0 unspecified atom stereocenters. The summed E-state index contributed by atoms with van der Waals surface area (Å²) in [6.07, 6.45) is 3.19. The van der Waals surface area contributed by atoms with E-state index in [9.17, 15) is 4.79 Å². The Morgan fingerprint density at radius 1 is 1.07 bits per heavy atom. The molecule has 1 amide bonds. The second kappa shape index (κ2) is 9.54. The maximum absolute atomic E-state index is 12.6. The molecule has 30 heavy (non-hydrogen) atoms. The molecule has 0 aliphatic rings. The van der Waals surface area contributed by atoms with Crippen molar-refractivity contribution in [2.24, 2.45) is 0 Å². The van der Waals surface area contributed by atoms with E-state index in [0.717, 1.165) is 19.2 Å². The van der Waals surface area contributed by atoms with Crippen LogP contribution in [0.5, 0.6) is 0 Å². The number of benzene rings is 1. The van der Waals surface area contributed by atoms with Crippen molar-refractivity contribution in [3.05, 3.63) is 68.1 Å². The number of furan rings is 2. The molecular formula is C19H13Br3N4O3S. The number of amides is 1. The van der Waals surface area contributed by atoms with Crippen LogP contribution in [0.15, 0.2) is 76.3 Å². The predicted octanol–water partition coefficient (Wildman–Crippen LogP) is 6.20. The van der Waals surface area contributed by atoms with Crippen LogP contribution < -0.4 is 5.32 Å². The van der Waals surface area contributed by atoms with Crippen LogP contribution in [-0.2, 0) is 11.3 Å². The summed E-state index contributed by atoms with van der Waals surface area (Å²) in [6, 6.07) is 11.0. The van der Waals surface area contributed by atoms with Crippen LogP contribution >= 0.6 is 59.6 Å². The normalized spacial score (nSPS) is 11.0. The third-order valence-electron chi connectivity index (χ3n) is 3.96. The first-order chi connectivity index (χ1) is 14.5. The first kappa shape index (κ1) is 21.4. The SMILES string of the molecule is O=C(CSc1nnc(-c2ccco2)n1Cc1ccco1)Nc1c(Br)cc(Br)cc1Br. The summed E-state index contributed by atoms with van der Waals surface area (Å²) in [5.41, 5.74) is 0.664. The molecule has 7 nitrogen and oxygen atoms in total. The Morgan fingerprint density at radius 3 is 2.47 bits per heavy atom. The topological polar surface area (TPSA) is 86.1 Å². The maximum Gasteiger partial charge on any atom is 0.234 e. The Labute approximate surface area is 201 Å². The number of hydrogen-bond acceptors (Lipinski definition) is 6. The molecule has 3 aromatic heterocycles. The largest absolute Gasteiger partial charge is 0.467 e. The molecule has 0 saturated carbocycles. The van der Waals surface area contributed by atoms with Crippen molar-refractivity contribution >= 4 is 71.1 Å². The molecule has 0 radical (unpaired) electrons. The molecule has 154 valence electrons. The van der Waals surface area contributed by atoms with E-state index < -0.39 is 0 Å².